The number of amides is 1. The molecule has 3 aromatic rings. The first-order valence-corrected chi connectivity index (χ1v) is 18.2. The number of nitrogens with one attached hydrogen (secondary N) is 1. The lowest BCUT2D eigenvalue weighted by Crippen LogP contribution is -2.47. The molecule has 0 aliphatic carbocycles. The van der Waals surface area contributed by atoms with Gasteiger partial charge in [0.05, 0.1) is 92.6 Å². The number of carbonyl (C=O) groups excluding carboxylic acids is 1. The number of pyridine rings is 1. The maximum Gasteiger partial charge on any atom is 0.238 e. The number of piperidine rings is 1. The number of ether oxygens (including phenoxy) is 4. The molecule has 2 aliphatic rings. The number of hydrogen-bond donors (Lipinski definition) is 1. The van der Waals surface area contributed by atoms with Crippen molar-refractivity contribution in [3.63, 3.8) is 0 Å². The third kappa shape index (κ3) is 8.43. The maximum atomic E-state index is 14.0. The smallest absolute Gasteiger partial charge is 0.238 e. The summed E-state index contributed by atoms with van der Waals surface area (Å²) in [4.78, 5) is 25.0. The number of anilines is 1. The zero-order valence-corrected chi connectivity index (χ0v) is 28.0. The monoisotopic (exact) mass is 677 g/mol. The van der Waals surface area contributed by atoms with E-state index >= 15 is 0 Å². The zero-order valence-electron chi connectivity index (χ0n) is 26.4. The molecule has 4 heterocycles. The lowest BCUT2D eigenvalue weighted by Gasteiger charge is -2.33. The molecule has 5 rings (SSSR count). The van der Waals surface area contributed by atoms with Crippen LogP contribution in [-0.4, -0.2) is 106 Å². The van der Waals surface area contributed by atoms with E-state index in [1.807, 2.05) is 23.6 Å². The Bertz CT molecular complexity index is 1560. The fourth-order valence-corrected chi connectivity index (χ4v) is 7.49. The van der Waals surface area contributed by atoms with Gasteiger partial charge >= 0.3 is 0 Å². The maximum absolute atomic E-state index is 14.0. The van der Waals surface area contributed by atoms with Gasteiger partial charge in [-0.3, -0.25) is 9.78 Å². The molecule has 0 bridgehead atoms. The molecule has 14 heteroatoms. The molecule has 1 saturated heterocycles. The SMILES string of the molecule is CCOCCOCCOCCOCCS(=O)(=O)CCCn1c(CN2C(=O)C3(CCNCC3)c3ccncc32)nc2cc(Cl)ccc21. The molecule has 0 unspecified atom stereocenters. The van der Waals surface area contributed by atoms with E-state index in [2.05, 4.69) is 10.3 Å². The van der Waals surface area contributed by atoms with E-state index in [0.717, 1.165) is 42.7 Å². The second-order valence-corrected chi connectivity index (χ2v) is 14.2. The Morgan fingerprint density at radius 2 is 1.65 bits per heavy atom. The molecule has 2 aromatic heterocycles. The van der Waals surface area contributed by atoms with Crippen molar-refractivity contribution in [2.24, 2.45) is 0 Å². The number of halogens is 1. The van der Waals surface area contributed by atoms with Crippen molar-refractivity contribution in [3.8, 4) is 0 Å². The number of fused-ring (bicyclic) bond motifs is 3. The number of benzene rings is 1. The second kappa shape index (κ2) is 16.4. The molecule has 1 fully saturated rings. The zero-order chi connectivity index (χ0) is 32.4. The summed E-state index contributed by atoms with van der Waals surface area (Å²) in [6.07, 6.45) is 5.35. The van der Waals surface area contributed by atoms with E-state index < -0.39 is 15.3 Å². The first-order chi connectivity index (χ1) is 22.3. The lowest BCUT2D eigenvalue weighted by molar-refractivity contribution is -0.124. The molecular weight excluding hydrogens is 634 g/mol. The summed E-state index contributed by atoms with van der Waals surface area (Å²) < 4.78 is 49.2. The number of carbonyl (C=O) groups is 1. The number of nitrogens with zero attached hydrogens (tertiary/aromatic N) is 4. The van der Waals surface area contributed by atoms with Gasteiger partial charge < -0.3 is 33.7 Å². The summed E-state index contributed by atoms with van der Waals surface area (Å²) in [7, 11) is -3.34. The largest absolute Gasteiger partial charge is 0.379 e. The van der Waals surface area contributed by atoms with Crippen LogP contribution in [0.4, 0.5) is 5.69 Å². The minimum absolute atomic E-state index is 0.00412. The quantitative estimate of drug-likeness (QED) is 0.189. The van der Waals surface area contributed by atoms with Crippen LogP contribution in [0.3, 0.4) is 0 Å². The van der Waals surface area contributed by atoms with Crippen molar-refractivity contribution < 1.29 is 32.2 Å². The van der Waals surface area contributed by atoms with Crippen molar-refractivity contribution in [1.82, 2.24) is 19.9 Å². The van der Waals surface area contributed by atoms with E-state index in [9.17, 15) is 13.2 Å². The summed E-state index contributed by atoms with van der Waals surface area (Å²) in [5.74, 6) is 0.674. The topological polar surface area (TPSA) is 134 Å². The molecule has 1 amide bonds. The standard InChI is InChI=1S/C32H44ClN5O7S/c1-2-42-13-14-43-15-16-44-17-18-45-19-21-46(40,41)20-3-12-37-28-5-4-25(33)22-27(28)36-30(37)24-38-29-23-35-9-6-26(29)32(31(38)39)7-10-34-11-8-32/h4-6,9,22-23,34H,2-3,7-8,10-21,24H2,1H3. The summed E-state index contributed by atoms with van der Waals surface area (Å²) in [6.45, 7) is 7.62. The highest BCUT2D eigenvalue weighted by Crippen LogP contribution is 2.47. The van der Waals surface area contributed by atoms with Gasteiger partial charge in [0.25, 0.3) is 0 Å². The van der Waals surface area contributed by atoms with Crippen LogP contribution in [0.5, 0.6) is 0 Å². The number of imidazole rings is 1. The molecule has 2 aliphatic heterocycles. The Kier molecular flexibility index (Phi) is 12.4. The summed E-state index contributed by atoms with van der Waals surface area (Å²) in [6, 6.07) is 7.44. The highest BCUT2D eigenvalue weighted by molar-refractivity contribution is 7.91. The Balaban J connectivity index is 1.15. The first kappa shape index (κ1) is 34.7. The van der Waals surface area contributed by atoms with E-state index in [4.69, 9.17) is 35.5 Å². The van der Waals surface area contributed by atoms with Gasteiger partial charge in [-0.05, 0) is 69.1 Å². The Labute approximate surface area is 275 Å². The normalized spacial score (nSPS) is 16.1. The highest BCUT2D eigenvalue weighted by atomic mass is 35.5. The Hall–Kier alpha value is -2.65. The predicted molar refractivity (Wildman–Crippen MR) is 176 cm³/mol. The van der Waals surface area contributed by atoms with Crippen molar-refractivity contribution in [2.75, 3.05) is 82.4 Å². The van der Waals surface area contributed by atoms with Crippen LogP contribution in [0.1, 0.15) is 37.6 Å². The number of aromatic nitrogens is 3. The molecule has 0 atom stereocenters. The molecule has 1 aromatic carbocycles. The van der Waals surface area contributed by atoms with Crippen molar-refractivity contribution >= 4 is 44.1 Å². The van der Waals surface area contributed by atoms with Gasteiger partial charge in [-0.2, -0.15) is 0 Å². The van der Waals surface area contributed by atoms with Crippen LogP contribution >= 0.6 is 11.6 Å². The Morgan fingerprint density at radius 3 is 2.37 bits per heavy atom. The lowest BCUT2D eigenvalue weighted by atomic mass is 9.74. The van der Waals surface area contributed by atoms with Gasteiger partial charge in [-0.25, -0.2) is 13.4 Å². The van der Waals surface area contributed by atoms with Gasteiger partial charge in [0, 0.05) is 24.4 Å². The summed E-state index contributed by atoms with van der Waals surface area (Å²) in [5, 5.41) is 3.93. The molecule has 1 N–H and O–H groups in total. The molecule has 0 radical (unpaired) electrons. The van der Waals surface area contributed by atoms with Gasteiger partial charge in [0.2, 0.25) is 5.91 Å². The van der Waals surface area contributed by atoms with E-state index in [-0.39, 0.29) is 30.6 Å². The van der Waals surface area contributed by atoms with Crippen molar-refractivity contribution in [1.29, 1.82) is 0 Å². The minimum Gasteiger partial charge on any atom is -0.379 e. The van der Waals surface area contributed by atoms with Crippen LogP contribution in [0.15, 0.2) is 36.7 Å². The number of hydrogen-bond acceptors (Lipinski definition) is 10. The second-order valence-electron chi connectivity index (χ2n) is 11.5. The van der Waals surface area contributed by atoms with Crippen LogP contribution < -0.4 is 10.2 Å². The first-order valence-electron chi connectivity index (χ1n) is 16.0. The average molecular weight is 678 g/mol. The average Bonchev–Trinajstić information content (AvgIpc) is 3.49. The van der Waals surface area contributed by atoms with E-state index in [1.165, 1.54) is 0 Å². The third-order valence-corrected chi connectivity index (χ3v) is 10.4. The van der Waals surface area contributed by atoms with Crippen LogP contribution in [0, 0.1) is 0 Å². The summed E-state index contributed by atoms with van der Waals surface area (Å²) in [5.41, 5.74) is 2.80. The van der Waals surface area contributed by atoms with Gasteiger partial charge in [0.1, 0.15) is 5.82 Å². The fraction of sp³-hybridized carbons (Fsp3) is 0.594. The number of rotatable bonds is 19. The van der Waals surface area contributed by atoms with Gasteiger partial charge in [-0.1, -0.05) is 11.6 Å². The molecule has 46 heavy (non-hydrogen) atoms. The van der Waals surface area contributed by atoms with E-state index in [1.54, 1.807) is 29.4 Å². The van der Waals surface area contributed by atoms with Crippen LogP contribution in [0.2, 0.25) is 5.02 Å². The minimum atomic E-state index is -3.34. The molecule has 0 saturated carbocycles. The molecule has 1 spiro atoms. The van der Waals surface area contributed by atoms with Crippen LogP contribution in [0.25, 0.3) is 11.0 Å². The van der Waals surface area contributed by atoms with Crippen LogP contribution in [-0.2, 0) is 52.1 Å². The van der Waals surface area contributed by atoms with E-state index in [0.29, 0.717) is 75.6 Å². The number of sulfone groups is 1. The summed E-state index contributed by atoms with van der Waals surface area (Å²) >= 11 is 6.29. The predicted octanol–water partition coefficient (Wildman–Crippen LogP) is 3.14. The van der Waals surface area contributed by atoms with Crippen molar-refractivity contribution in [2.45, 2.75) is 44.7 Å². The van der Waals surface area contributed by atoms with Gasteiger partial charge in [0.15, 0.2) is 9.84 Å². The van der Waals surface area contributed by atoms with Crippen molar-refractivity contribution in [3.05, 3.63) is 53.1 Å². The Morgan fingerprint density at radius 1 is 0.957 bits per heavy atom. The fourth-order valence-electron chi connectivity index (χ4n) is 6.18. The van der Waals surface area contributed by atoms with Gasteiger partial charge in [-0.15, -0.1) is 0 Å². The highest BCUT2D eigenvalue weighted by Gasteiger charge is 2.51. The molecule has 12 nitrogen and oxygen atoms in total. The number of aryl methyl sites for hydroxylation is 1. The molecule has 252 valence electrons. The molecular formula is C32H44ClN5O7S. The third-order valence-electron chi connectivity index (χ3n) is 8.50.